The maximum absolute atomic E-state index is 5.78. The molecule has 0 unspecified atom stereocenters. The van der Waals surface area contributed by atoms with Gasteiger partial charge in [0.2, 0.25) is 0 Å². The predicted octanol–water partition coefficient (Wildman–Crippen LogP) is 6.81. The summed E-state index contributed by atoms with van der Waals surface area (Å²) < 4.78 is 7.89. The van der Waals surface area contributed by atoms with Gasteiger partial charge in [-0.05, 0) is 12.1 Å². The van der Waals surface area contributed by atoms with Gasteiger partial charge in [0.05, 0.1) is 7.05 Å². The van der Waals surface area contributed by atoms with Gasteiger partial charge < -0.3 is 0 Å². The molecule has 6 aromatic rings. The van der Waals surface area contributed by atoms with Crippen molar-refractivity contribution in [1.82, 2.24) is 9.38 Å². The van der Waals surface area contributed by atoms with E-state index in [1.165, 1.54) is 15.9 Å². The first kappa shape index (κ1) is 21.3. The van der Waals surface area contributed by atoms with Crippen LogP contribution in [0.15, 0.2) is 150 Å². The smallest absolute Gasteiger partial charge is 0.164 e. The van der Waals surface area contributed by atoms with Crippen molar-refractivity contribution in [2.45, 2.75) is 0 Å². The lowest BCUT2D eigenvalue weighted by Crippen LogP contribution is -2.25. The van der Waals surface area contributed by atoms with E-state index in [1.54, 1.807) is 0 Å². The molecule has 4 heteroatoms. The molecule has 0 saturated heterocycles. The second-order valence-electron chi connectivity index (χ2n) is 8.32. The molecule has 3 nitrogen and oxygen atoms in total. The molecule has 4 aromatic carbocycles. The van der Waals surface area contributed by atoms with Crippen molar-refractivity contribution in [1.29, 1.82) is 0 Å². The Balaban J connectivity index is 1.80. The fourth-order valence-corrected chi connectivity index (χ4v) is 8.09. The summed E-state index contributed by atoms with van der Waals surface area (Å²) in [5.74, 6) is 0.872. The Morgan fingerprint density at radius 1 is 0.514 bits per heavy atom. The van der Waals surface area contributed by atoms with Crippen LogP contribution < -0.4 is 15.9 Å². The number of nitrogens with zero attached hydrogens (tertiary/aromatic N) is 3. The van der Waals surface area contributed by atoms with Gasteiger partial charge in [-0.25, -0.2) is 9.73 Å². The minimum atomic E-state index is -2.43. The minimum Gasteiger partial charge on any atom is -0.284 e. The quantitative estimate of drug-likeness (QED) is 0.255. The van der Waals surface area contributed by atoms with E-state index in [-0.39, 0.29) is 0 Å². The van der Waals surface area contributed by atoms with E-state index in [0.29, 0.717) is 0 Å². The second-order valence-corrected chi connectivity index (χ2v) is 11.3. The molecule has 168 valence electrons. The molecule has 0 saturated carbocycles. The first-order chi connectivity index (χ1) is 17.4. The van der Waals surface area contributed by atoms with Gasteiger partial charge in [0.25, 0.3) is 0 Å². The van der Waals surface area contributed by atoms with Gasteiger partial charge in [0.15, 0.2) is 5.82 Å². The molecule has 6 rings (SSSR count). The van der Waals surface area contributed by atoms with Crippen LogP contribution in [0, 0.1) is 0 Å². The molecule has 2 aromatic heterocycles. The Kier molecular flexibility index (Phi) is 5.62. The predicted molar refractivity (Wildman–Crippen MR) is 148 cm³/mol. The summed E-state index contributed by atoms with van der Waals surface area (Å²) in [6, 6.07) is 48.6. The standard InChI is InChI=1S/C31H24N3P/c1-5-15-25(16-6-1)30-31(34-24-14-13-23-29(34)32-30)33-35(26-17-7-2-8-18-26,27-19-9-3-10-20-27)28-21-11-4-12-22-28/h1-24H. The molecule has 35 heavy (non-hydrogen) atoms. The molecule has 0 aliphatic rings. The van der Waals surface area contributed by atoms with E-state index in [0.717, 1.165) is 22.7 Å². The van der Waals surface area contributed by atoms with Gasteiger partial charge >= 0.3 is 0 Å². The first-order valence-electron chi connectivity index (χ1n) is 11.7. The molecule has 0 aliphatic heterocycles. The number of fused-ring (bicyclic) bond motifs is 1. The van der Waals surface area contributed by atoms with Crippen LogP contribution in [0.25, 0.3) is 16.9 Å². The third kappa shape index (κ3) is 3.80. The largest absolute Gasteiger partial charge is 0.284 e. The van der Waals surface area contributed by atoms with Gasteiger partial charge in [0.1, 0.15) is 11.3 Å². The molecule has 0 amide bonds. The number of aromatic nitrogens is 2. The number of imidazole rings is 1. The summed E-state index contributed by atoms with van der Waals surface area (Å²) in [6.45, 7) is 0. The normalized spacial score (nSPS) is 11.4. The summed E-state index contributed by atoms with van der Waals surface area (Å²) in [5.41, 5.74) is 2.84. The minimum absolute atomic E-state index is 0.872. The molecule has 0 spiro atoms. The first-order valence-corrected chi connectivity index (χ1v) is 13.4. The molecule has 0 fully saturated rings. The Morgan fingerprint density at radius 3 is 1.49 bits per heavy atom. The van der Waals surface area contributed by atoms with Gasteiger partial charge in [-0.15, -0.1) is 0 Å². The lowest BCUT2D eigenvalue weighted by Gasteiger charge is -2.27. The van der Waals surface area contributed by atoms with E-state index in [9.17, 15) is 0 Å². The fourth-order valence-electron chi connectivity index (χ4n) is 4.56. The van der Waals surface area contributed by atoms with Crippen LogP contribution >= 0.6 is 7.05 Å². The highest BCUT2D eigenvalue weighted by molar-refractivity contribution is 7.87. The Labute approximate surface area is 205 Å². The maximum Gasteiger partial charge on any atom is 0.164 e. The monoisotopic (exact) mass is 469 g/mol. The summed E-state index contributed by atoms with van der Waals surface area (Å²) in [5, 5.41) is 3.63. The van der Waals surface area contributed by atoms with Crippen molar-refractivity contribution in [3.63, 3.8) is 0 Å². The third-order valence-electron chi connectivity index (χ3n) is 6.19. The molecule has 0 atom stereocenters. The number of benzene rings is 4. The average Bonchev–Trinajstić information content (AvgIpc) is 3.32. The second kappa shape index (κ2) is 9.21. The third-order valence-corrected chi connectivity index (χ3v) is 9.81. The highest BCUT2D eigenvalue weighted by Gasteiger charge is 2.29. The van der Waals surface area contributed by atoms with Crippen LogP contribution in [0.5, 0.6) is 0 Å². The van der Waals surface area contributed by atoms with E-state index in [2.05, 4.69) is 126 Å². The molecular formula is C31H24N3P. The molecular weight excluding hydrogens is 445 g/mol. The molecule has 0 aliphatic carbocycles. The van der Waals surface area contributed by atoms with Crippen LogP contribution in [0.2, 0.25) is 0 Å². The molecule has 2 heterocycles. The van der Waals surface area contributed by atoms with Crippen molar-refractivity contribution >= 4 is 34.4 Å². The van der Waals surface area contributed by atoms with E-state index < -0.39 is 7.05 Å². The van der Waals surface area contributed by atoms with Crippen molar-refractivity contribution in [2.75, 3.05) is 0 Å². The van der Waals surface area contributed by atoms with Crippen molar-refractivity contribution in [3.05, 3.63) is 146 Å². The lowest BCUT2D eigenvalue weighted by atomic mass is 10.1. The zero-order valence-electron chi connectivity index (χ0n) is 19.1. The van der Waals surface area contributed by atoms with E-state index in [1.807, 2.05) is 24.3 Å². The van der Waals surface area contributed by atoms with Crippen molar-refractivity contribution < 1.29 is 0 Å². The Bertz CT molecular complexity index is 1520. The zero-order chi connectivity index (χ0) is 23.5. The van der Waals surface area contributed by atoms with Crippen molar-refractivity contribution in [3.8, 4) is 11.3 Å². The van der Waals surface area contributed by atoms with E-state index in [4.69, 9.17) is 9.73 Å². The number of pyridine rings is 1. The summed E-state index contributed by atoms with van der Waals surface area (Å²) >= 11 is 0. The Hall–Kier alpha value is -4.20. The fraction of sp³-hybridized carbons (Fsp3) is 0. The van der Waals surface area contributed by atoms with E-state index >= 15 is 0 Å². The summed E-state index contributed by atoms with van der Waals surface area (Å²) in [7, 11) is -2.43. The SMILES string of the molecule is c1ccc(-c2nc3ccccn3c2N=P(c2ccccc2)(c2ccccc2)c2ccccc2)cc1. The van der Waals surface area contributed by atoms with Crippen LogP contribution in [-0.2, 0) is 0 Å². The highest BCUT2D eigenvalue weighted by atomic mass is 31.2. The summed E-state index contributed by atoms with van der Waals surface area (Å²) in [4.78, 5) is 5.04. The Morgan fingerprint density at radius 2 is 0.971 bits per heavy atom. The van der Waals surface area contributed by atoms with Crippen LogP contribution in [0.3, 0.4) is 0 Å². The van der Waals surface area contributed by atoms with Gasteiger partial charge in [0, 0.05) is 27.7 Å². The topological polar surface area (TPSA) is 29.7 Å². The number of rotatable bonds is 5. The van der Waals surface area contributed by atoms with Crippen LogP contribution in [0.4, 0.5) is 5.82 Å². The highest BCUT2D eigenvalue weighted by Crippen LogP contribution is 2.50. The zero-order valence-corrected chi connectivity index (χ0v) is 20.0. The van der Waals surface area contributed by atoms with Gasteiger partial charge in [-0.3, -0.25) is 4.40 Å². The lowest BCUT2D eigenvalue weighted by molar-refractivity contribution is 1.17. The number of hydrogen-bond acceptors (Lipinski definition) is 2. The van der Waals surface area contributed by atoms with Gasteiger partial charge in [-0.1, -0.05) is 127 Å². The van der Waals surface area contributed by atoms with Crippen LogP contribution in [-0.4, -0.2) is 9.38 Å². The van der Waals surface area contributed by atoms with Gasteiger partial charge in [-0.2, -0.15) is 0 Å². The molecule has 0 bridgehead atoms. The molecule has 0 radical (unpaired) electrons. The van der Waals surface area contributed by atoms with Crippen LogP contribution in [0.1, 0.15) is 0 Å². The van der Waals surface area contributed by atoms with Crippen molar-refractivity contribution in [2.24, 2.45) is 4.74 Å². The molecule has 0 N–H and O–H groups in total. The average molecular weight is 470 g/mol. The summed E-state index contributed by atoms with van der Waals surface area (Å²) in [6.07, 6.45) is 2.06. The maximum atomic E-state index is 5.78. The number of hydrogen-bond donors (Lipinski definition) is 0.